The van der Waals surface area contributed by atoms with Crippen LogP contribution in [0.1, 0.15) is 55.5 Å². The zero-order valence-electron chi connectivity index (χ0n) is 15.2. The molecule has 6 N–H and O–H groups in total. The van der Waals surface area contributed by atoms with Gasteiger partial charge in [-0.3, -0.25) is 14.4 Å². The summed E-state index contributed by atoms with van der Waals surface area (Å²) in [4.78, 5) is 37.8. The Hall–Kier alpha value is -3.43. The van der Waals surface area contributed by atoms with Crippen molar-refractivity contribution in [2.45, 2.75) is 24.5 Å². The second-order valence-electron chi connectivity index (χ2n) is 7.17. The van der Waals surface area contributed by atoms with Crippen LogP contribution in [0.15, 0.2) is 18.2 Å². The first-order valence-corrected chi connectivity index (χ1v) is 8.69. The van der Waals surface area contributed by atoms with Crippen LogP contribution in [-0.2, 0) is 11.2 Å². The number of phenols is 2. The van der Waals surface area contributed by atoms with Gasteiger partial charge in [-0.05, 0) is 6.07 Å². The maximum absolute atomic E-state index is 13.1. The van der Waals surface area contributed by atoms with Crippen LogP contribution in [0.4, 0.5) is 0 Å². The number of fused-ring (bicyclic) bond motifs is 3. The molecule has 0 aliphatic heterocycles. The van der Waals surface area contributed by atoms with E-state index < -0.39 is 64.6 Å². The van der Waals surface area contributed by atoms with Crippen LogP contribution in [0.3, 0.4) is 0 Å². The quantitative estimate of drug-likeness (QED) is 0.378. The molecule has 0 saturated carbocycles. The zero-order chi connectivity index (χ0) is 21.2. The highest BCUT2D eigenvalue weighted by Crippen LogP contribution is 2.50. The summed E-state index contributed by atoms with van der Waals surface area (Å²) >= 11 is 0. The van der Waals surface area contributed by atoms with Crippen LogP contribution in [0, 0.1) is 0 Å². The lowest BCUT2D eigenvalue weighted by Crippen LogP contribution is -2.49. The fraction of sp³-hybridized carbons (Fsp3) is 0.250. The maximum Gasteiger partial charge on any atom is 0.249 e. The van der Waals surface area contributed by atoms with E-state index >= 15 is 0 Å². The van der Waals surface area contributed by atoms with E-state index in [2.05, 4.69) is 0 Å². The molecular formula is C20H17NO8. The topological polar surface area (TPSA) is 167 Å². The van der Waals surface area contributed by atoms with Gasteiger partial charge in [0.25, 0.3) is 0 Å². The molecule has 1 amide bonds. The standard InChI is InChI=1S/C20H17NO8/c1-29-10-4-2-3-7-12(10)18(26)14-13(15(7)23)16(24)8-5-20(28,19(21)27)6-9(22)11(8)17(14)25/h2-4,9,22,24-25,28H,5-6H2,1H3,(H2,21,27). The minimum absolute atomic E-state index is 0.0296. The van der Waals surface area contributed by atoms with Crippen molar-refractivity contribution in [3.05, 3.63) is 51.6 Å². The number of amides is 1. The first-order valence-electron chi connectivity index (χ1n) is 8.69. The van der Waals surface area contributed by atoms with E-state index in [9.17, 15) is 34.8 Å². The number of phenolic OH excluding ortho intramolecular Hbond substituents is 2. The Balaban J connectivity index is 2.04. The molecule has 0 aromatic heterocycles. The lowest BCUT2D eigenvalue weighted by Gasteiger charge is -2.36. The summed E-state index contributed by atoms with van der Waals surface area (Å²) in [6, 6.07) is 4.36. The number of aliphatic hydroxyl groups is 2. The van der Waals surface area contributed by atoms with E-state index in [1.807, 2.05) is 0 Å². The van der Waals surface area contributed by atoms with Gasteiger partial charge in [-0.2, -0.15) is 0 Å². The molecule has 0 saturated heterocycles. The third-order valence-corrected chi connectivity index (χ3v) is 5.55. The van der Waals surface area contributed by atoms with E-state index in [1.54, 1.807) is 0 Å². The fourth-order valence-corrected chi connectivity index (χ4v) is 4.13. The number of ether oxygens (including phenoxy) is 1. The molecule has 2 aromatic rings. The number of carbonyl (C=O) groups is 3. The molecule has 0 radical (unpaired) electrons. The maximum atomic E-state index is 13.1. The van der Waals surface area contributed by atoms with Crippen molar-refractivity contribution in [1.29, 1.82) is 0 Å². The van der Waals surface area contributed by atoms with Gasteiger partial charge in [0.05, 0.1) is 29.9 Å². The minimum atomic E-state index is -2.19. The molecule has 0 heterocycles. The molecule has 29 heavy (non-hydrogen) atoms. The Labute approximate surface area is 164 Å². The van der Waals surface area contributed by atoms with Crippen molar-refractivity contribution in [3.8, 4) is 17.2 Å². The smallest absolute Gasteiger partial charge is 0.249 e. The number of methoxy groups -OCH3 is 1. The van der Waals surface area contributed by atoms with Gasteiger partial charge in [0.15, 0.2) is 5.78 Å². The number of nitrogens with two attached hydrogens (primary N) is 1. The van der Waals surface area contributed by atoms with Crippen LogP contribution < -0.4 is 10.5 Å². The number of primary amides is 1. The molecule has 2 aliphatic carbocycles. The molecule has 2 unspecified atom stereocenters. The van der Waals surface area contributed by atoms with Crippen molar-refractivity contribution in [3.63, 3.8) is 0 Å². The van der Waals surface area contributed by atoms with E-state index in [4.69, 9.17) is 10.5 Å². The van der Waals surface area contributed by atoms with Crippen molar-refractivity contribution in [2.75, 3.05) is 7.11 Å². The van der Waals surface area contributed by atoms with Crippen LogP contribution in [0.5, 0.6) is 17.2 Å². The first-order chi connectivity index (χ1) is 13.6. The van der Waals surface area contributed by atoms with E-state index in [-0.39, 0.29) is 28.0 Å². The number of rotatable bonds is 2. The molecule has 0 spiro atoms. The Morgan fingerprint density at radius 2 is 1.79 bits per heavy atom. The Morgan fingerprint density at radius 1 is 1.14 bits per heavy atom. The van der Waals surface area contributed by atoms with Gasteiger partial charge in [0.2, 0.25) is 11.7 Å². The summed E-state index contributed by atoms with van der Waals surface area (Å²) in [5.74, 6) is -3.90. The minimum Gasteiger partial charge on any atom is -0.507 e. The lowest BCUT2D eigenvalue weighted by atomic mass is 9.73. The monoisotopic (exact) mass is 399 g/mol. The molecule has 4 rings (SSSR count). The first kappa shape index (κ1) is 18.9. The summed E-state index contributed by atoms with van der Waals surface area (Å²) in [6.45, 7) is 0. The van der Waals surface area contributed by atoms with E-state index in [0.29, 0.717) is 0 Å². The SMILES string of the molecule is COc1cccc2c1C(=O)c1c(O)c3c(c(O)c1C2=O)CC(O)(C(N)=O)CC3O. The third kappa shape index (κ3) is 2.38. The molecule has 9 heteroatoms. The number of aromatic hydroxyl groups is 2. The normalized spacial score (nSPS) is 22.5. The van der Waals surface area contributed by atoms with Gasteiger partial charge < -0.3 is 30.9 Å². The number of hydrogen-bond donors (Lipinski definition) is 5. The molecule has 0 fully saturated rings. The molecule has 2 atom stereocenters. The van der Waals surface area contributed by atoms with Gasteiger partial charge >= 0.3 is 0 Å². The Kier molecular flexibility index (Phi) is 3.93. The lowest BCUT2D eigenvalue weighted by molar-refractivity contribution is -0.140. The fourth-order valence-electron chi connectivity index (χ4n) is 4.13. The van der Waals surface area contributed by atoms with E-state index in [0.717, 1.165) is 0 Å². The molecule has 9 nitrogen and oxygen atoms in total. The summed E-state index contributed by atoms with van der Waals surface area (Å²) in [5, 5.41) is 42.4. The Morgan fingerprint density at radius 3 is 2.41 bits per heavy atom. The van der Waals surface area contributed by atoms with Gasteiger partial charge in [0.1, 0.15) is 22.8 Å². The van der Waals surface area contributed by atoms with Gasteiger partial charge in [0, 0.05) is 29.5 Å². The van der Waals surface area contributed by atoms with Crippen LogP contribution in [0.25, 0.3) is 0 Å². The molecule has 2 aliphatic rings. The summed E-state index contributed by atoms with van der Waals surface area (Å²) in [6.07, 6.45) is -2.67. The van der Waals surface area contributed by atoms with Crippen molar-refractivity contribution < 1.29 is 39.5 Å². The van der Waals surface area contributed by atoms with Crippen LogP contribution in [-0.4, -0.2) is 50.6 Å². The average molecular weight is 399 g/mol. The number of benzene rings is 2. The van der Waals surface area contributed by atoms with Gasteiger partial charge in [-0.25, -0.2) is 0 Å². The van der Waals surface area contributed by atoms with Crippen molar-refractivity contribution in [1.82, 2.24) is 0 Å². The van der Waals surface area contributed by atoms with Crippen LogP contribution >= 0.6 is 0 Å². The highest BCUT2D eigenvalue weighted by molar-refractivity contribution is 6.31. The summed E-state index contributed by atoms with van der Waals surface area (Å²) in [5.41, 5.74) is 1.55. The molecule has 2 aromatic carbocycles. The zero-order valence-corrected chi connectivity index (χ0v) is 15.2. The second-order valence-corrected chi connectivity index (χ2v) is 7.17. The number of hydrogen-bond acceptors (Lipinski definition) is 8. The van der Waals surface area contributed by atoms with Crippen LogP contribution in [0.2, 0.25) is 0 Å². The largest absolute Gasteiger partial charge is 0.507 e. The molecule has 150 valence electrons. The van der Waals surface area contributed by atoms with E-state index in [1.165, 1.54) is 25.3 Å². The highest BCUT2D eigenvalue weighted by atomic mass is 16.5. The predicted molar refractivity (Wildman–Crippen MR) is 97.1 cm³/mol. The van der Waals surface area contributed by atoms with Crippen molar-refractivity contribution >= 4 is 17.5 Å². The summed E-state index contributed by atoms with van der Waals surface area (Å²) < 4.78 is 5.15. The number of aliphatic hydroxyl groups excluding tert-OH is 1. The predicted octanol–water partition coefficient (Wildman–Crippen LogP) is 0.0778. The Bertz CT molecular complexity index is 1120. The number of ketones is 2. The summed E-state index contributed by atoms with van der Waals surface area (Å²) in [7, 11) is 1.32. The average Bonchev–Trinajstić information content (AvgIpc) is 2.67. The highest BCUT2D eigenvalue weighted by Gasteiger charge is 2.47. The molecular weight excluding hydrogens is 382 g/mol. The van der Waals surface area contributed by atoms with Gasteiger partial charge in [-0.15, -0.1) is 0 Å². The number of carbonyl (C=O) groups excluding carboxylic acids is 3. The molecule has 0 bridgehead atoms. The van der Waals surface area contributed by atoms with Gasteiger partial charge in [-0.1, -0.05) is 12.1 Å². The third-order valence-electron chi connectivity index (χ3n) is 5.55. The second kappa shape index (κ2) is 6.03. The van der Waals surface area contributed by atoms with Crippen molar-refractivity contribution in [2.24, 2.45) is 5.73 Å².